The number of hydrogen-bond acceptors (Lipinski definition) is 9. The normalized spacial score (nSPS) is 17.6. The fourth-order valence-corrected chi connectivity index (χ4v) is 4.14. The molecule has 3 heterocycles. The molecular weight excluding hydrogens is 428 g/mol. The first kappa shape index (κ1) is 20.5. The molecule has 1 aliphatic carbocycles. The third-order valence-corrected chi connectivity index (χ3v) is 6.26. The molecule has 11 heteroatoms. The van der Waals surface area contributed by atoms with E-state index >= 15 is 0 Å². The minimum Gasteiger partial charge on any atom is -0.495 e. The van der Waals surface area contributed by atoms with Gasteiger partial charge in [-0.2, -0.15) is 0 Å². The van der Waals surface area contributed by atoms with Gasteiger partial charge in [-0.05, 0) is 25.5 Å². The summed E-state index contributed by atoms with van der Waals surface area (Å²) < 4.78 is 12.3. The Morgan fingerprint density at radius 2 is 2.17 bits per heavy atom. The van der Waals surface area contributed by atoms with Crippen LogP contribution in [0.4, 0.5) is 10.8 Å². The molecule has 0 amide bonds. The minimum absolute atomic E-state index is 0.160. The van der Waals surface area contributed by atoms with E-state index in [0.717, 1.165) is 22.9 Å². The maximum absolute atomic E-state index is 12.7. The highest BCUT2D eigenvalue weighted by Crippen LogP contribution is 2.47. The van der Waals surface area contributed by atoms with Crippen LogP contribution < -0.4 is 19.9 Å². The molecule has 0 bridgehead atoms. The van der Waals surface area contributed by atoms with Gasteiger partial charge in [0.05, 0.1) is 19.9 Å². The molecule has 0 N–H and O–H groups in total. The highest BCUT2D eigenvalue weighted by atomic mass is 35.5. The molecule has 0 aliphatic heterocycles. The average molecular weight is 449 g/mol. The van der Waals surface area contributed by atoms with Crippen LogP contribution in [0.5, 0.6) is 11.6 Å². The molecule has 3 aromatic heterocycles. The van der Waals surface area contributed by atoms with Gasteiger partial charge in [-0.15, -0.1) is 15.3 Å². The third-order valence-electron chi connectivity index (χ3n) is 5.00. The first-order chi connectivity index (χ1) is 14.4. The standard InChI is InChI=1S/C19H21ClN6O3S/c1-10-22-23-19(30-10)25(2)16-15(20)17(24-26(3)18(16)27)29-9-11-7-13(11)14-6-5-12(28-4)8-21-14/h5-6,8,11,13H,7,9H2,1-4H3/t11-,13+/m1/s1. The SMILES string of the molecule is COc1ccc([C@H]2C[C@@H]2COc2nn(C)c(=O)c(N(C)c3nnc(C)s3)c2Cl)nc1. The molecule has 0 aromatic carbocycles. The van der Waals surface area contributed by atoms with Crippen molar-refractivity contribution >= 4 is 33.8 Å². The number of ether oxygens (including phenoxy) is 2. The first-order valence-electron chi connectivity index (χ1n) is 9.32. The molecule has 2 atom stereocenters. The van der Waals surface area contributed by atoms with Gasteiger partial charge in [0.15, 0.2) is 0 Å². The zero-order chi connectivity index (χ0) is 21.4. The van der Waals surface area contributed by atoms with Crippen molar-refractivity contribution in [3.05, 3.63) is 44.4 Å². The van der Waals surface area contributed by atoms with Crippen LogP contribution in [0.3, 0.4) is 0 Å². The molecular formula is C19H21ClN6O3S. The monoisotopic (exact) mass is 448 g/mol. The third kappa shape index (κ3) is 3.97. The van der Waals surface area contributed by atoms with E-state index in [-0.39, 0.29) is 22.1 Å². The fraction of sp³-hybridized carbons (Fsp3) is 0.421. The fourth-order valence-electron chi connectivity index (χ4n) is 3.19. The van der Waals surface area contributed by atoms with E-state index in [1.165, 1.54) is 16.0 Å². The Morgan fingerprint density at radius 1 is 1.37 bits per heavy atom. The van der Waals surface area contributed by atoms with Crippen molar-refractivity contribution in [2.24, 2.45) is 13.0 Å². The smallest absolute Gasteiger partial charge is 0.292 e. The van der Waals surface area contributed by atoms with Gasteiger partial charge in [0, 0.05) is 31.6 Å². The number of hydrogen-bond donors (Lipinski definition) is 0. The molecule has 0 radical (unpaired) electrons. The predicted molar refractivity (Wildman–Crippen MR) is 114 cm³/mol. The number of aromatic nitrogens is 5. The van der Waals surface area contributed by atoms with Crippen molar-refractivity contribution in [3.8, 4) is 11.6 Å². The Kier molecular flexibility index (Phi) is 5.61. The molecule has 158 valence electrons. The topological polar surface area (TPSA) is 95.3 Å². The lowest BCUT2D eigenvalue weighted by atomic mass is 10.2. The molecule has 9 nitrogen and oxygen atoms in total. The number of methoxy groups -OCH3 is 1. The molecule has 1 aliphatic rings. The maximum Gasteiger partial charge on any atom is 0.292 e. The van der Waals surface area contributed by atoms with Crippen LogP contribution in [0.1, 0.15) is 23.0 Å². The van der Waals surface area contributed by atoms with E-state index in [9.17, 15) is 4.79 Å². The summed E-state index contributed by atoms with van der Waals surface area (Å²) >= 11 is 7.88. The Labute approximate surface area is 182 Å². The van der Waals surface area contributed by atoms with Gasteiger partial charge in [-0.25, -0.2) is 4.68 Å². The second-order valence-electron chi connectivity index (χ2n) is 7.10. The summed E-state index contributed by atoms with van der Waals surface area (Å²) in [6.45, 7) is 2.28. The lowest BCUT2D eigenvalue weighted by Crippen LogP contribution is -2.28. The van der Waals surface area contributed by atoms with Gasteiger partial charge in [0.2, 0.25) is 5.13 Å². The Hall–Kier alpha value is -2.72. The number of aryl methyl sites for hydroxylation is 2. The summed E-state index contributed by atoms with van der Waals surface area (Å²) in [5.41, 5.74) is 0.926. The average Bonchev–Trinajstić information content (AvgIpc) is 3.39. The molecule has 1 fully saturated rings. The van der Waals surface area contributed by atoms with Crippen molar-refractivity contribution in [2.45, 2.75) is 19.3 Å². The number of nitrogens with zero attached hydrogens (tertiary/aromatic N) is 6. The van der Waals surface area contributed by atoms with Crippen molar-refractivity contribution in [1.29, 1.82) is 0 Å². The molecule has 1 saturated carbocycles. The Balaban J connectivity index is 1.50. The van der Waals surface area contributed by atoms with E-state index in [4.69, 9.17) is 21.1 Å². The quantitative estimate of drug-likeness (QED) is 0.544. The molecule has 0 saturated heterocycles. The van der Waals surface area contributed by atoms with Crippen LogP contribution >= 0.6 is 22.9 Å². The second kappa shape index (κ2) is 8.19. The Morgan fingerprint density at radius 3 is 2.80 bits per heavy atom. The number of pyridine rings is 1. The summed E-state index contributed by atoms with van der Waals surface area (Å²) in [7, 11) is 4.90. The predicted octanol–water partition coefficient (Wildman–Crippen LogP) is 2.95. The molecule has 0 spiro atoms. The Bertz CT molecular complexity index is 1120. The van der Waals surface area contributed by atoms with Gasteiger partial charge in [-0.1, -0.05) is 22.9 Å². The van der Waals surface area contributed by atoms with E-state index in [1.54, 1.807) is 32.3 Å². The van der Waals surface area contributed by atoms with E-state index in [0.29, 0.717) is 23.6 Å². The van der Waals surface area contributed by atoms with E-state index < -0.39 is 0 Å². The van der Waals surface area contributed by atoms with E-state index in [2.05, 4.69) is 20.3 Å². The summed E-state index contributed by atoms with van der Waals surface area (Å²) in [5, 5.41) is 13.8. The van der Waals surface area contributed by atoms with Crippen LogP contribution in [0.25, 0.3) is 0 Å². The van der Waals surface area contributed by atoms with Crippen molar-refractivity contribution < 1.29 is 9.47 Å². The molecule has 0 unspecified atom stereocenters. The highest BCUT2D eigenvalue weighted by Gasteiger charge is 2.40. The largest absolute Gasteiger partial charge is 0.495 e. The summed E-state index contributed by atoms with van der Waals surface area (Å²) in [4.78, 5) is 18.7. The zero-order valence-electron chi connectivity index (χ0n) is 17.0. The number of rotatable bonds is 7. The number of anilines is 2. The van der Waals surface area contributed by atoms with Gasteiger partial charge in [0.25, 0.3) is 11.4 Å². The van der Waals surface area contributed by atoms with Crippen LogP contribution in [0.2, 0.25) is 5.02 Å². The maximum atomic E-state index is 12.7. The lowest BCUT2D eigenvalue weighted by molar-refractivity contribution is 0.278. The van der Waals surface area contributed by atoms with Gasteiger partial charge in [0.1, 0.15) is 21.5 Å². The van der Waals surface area contributed by atoms with Crippen LogP contribution in [-0.4, -0.2) is 45.7 Å². The number of halogens is 1. The lowest BCUT2D eigenvalue weighted by Gasteiger charge is -2.18. The van der Waals surface area contributed by atoms with Crippen molar-refractivity contribution in [2.75, 3.05) is 25.7 Å². The molecule has 30 heavy (non-hydrogen) atoms. The van der Waals surface area contributed by atoms with E-state index in [1.807, 2.05) is 19.1 Å². The molecule has 4 rings (SSSR count). The second-order valence-corrected chi connectivity index (χ2v) is 8.63. The van der Waals surface area contributed by atoms with Crippen LogP contribution in [0, 0.1) is 12.8 Å². The van der Waals surface area contributed by atoms with Gasteiger partial charge in [-0.3, -0.25) is 9.78 Å². The summed E-state index contributed by atoms with van der Waals surface area (Å²) in [6.07, 6.45) is 2.69. The van der Waals surface area contributed by atoms with Crippen LogP contribution in [0.15, 0.2) is 23.1 Å². The first-order valence-corrected chi connectivity index (χ1v) is 10.5. The summed E-state index contributed by atoms with van der Waals surface area (Å²) in [5.74, 6) is 1.59. The van der Waals surface area contributed by atoms with Crippen molar-refractivity contribution in [3.63, 3.8) is 0 Å². The highest BCUT2D eigenvalue weighted by molar-refractivity contribution is 7.15. The molecule has 3 aromatic rings. The minimum atomic E-state index is -0.338. The van der Waals surface area contributed by atoms with Gasteiger partial charge < -0.3 is 14.4 Å². The van der Waals surface area contributed by atoms with Crippen LogP contribution in [-0.2, 0) is 7.05 Å². The van der Waals surface area contributed by atoms with Gasteiger partial charge >= 0.3 is 0 Å². The zero-order valence-corrected chi connectivity index (χ0v) is 18.6. The van der Waals surface area contributed by atoms with Crippen molar-refractivity contribution in [1.82, 2.24) is 25.0 Å². The summed E-state index contributed by atoms with van der Waals surface area (Å²) in [6, 6.07) is 3.87.